The lowest BCUT2D eigenvalue weighted by atomic mass is 10.0. The molecule has 40 heavy (non-hydrogen) atoms. The first kappa shape index (κ1) is 25.8. The number of hydrogen-bond acceptors (Lipinski definition) is 7. The van der Waals surface area contributed by atoms with E-state index in [1.54, 1.807) is 37.6 Å². The number of aromatic nitrogens is 3. The zero-order valence-electron chi connectivity index (χ0n) is 22.0. The maximum absolute atomic E-state index is 15.4. The lowest BCUT2D eigenvalue weighted by molar-refractivity contribution is -0.149. The number of aryl methyl sites for hydroxylation is 1. The van der Waals surface area contributed by atoms with E-state index in [1.165, 1.54) is 15.9 Å². The van der Waals surface area contributed by atoms with Gasteiger partial charge >= 0.3 is 12.1 Å². The molecule has 12 heteroatoms. The van der Waals surface area contributed by atoms with Crippen molar-refractivity contribution in [3.05, 3.63) is 65.1 Å². The Morgan fingerprint density at radius 3 is 2.60 bits per heavy atom. The number of carbonyl (C=O) groups is 3. The number of benzene rings is 1. The summed E-state index contributed by atoms with van der Waals surface area (Å²) in [5.74, 6) is -0.867. The van der Waals surface area contributed by atoms with E-state index in [9.17, 15) is 14.4 Å². The first-order valence-electron chi connectivity index (χ1n) is 13.4. The van der Waals surface area contributed by atoms with Crippen molar-refractivity contribution >= 4 is 23.8 Å². The van der Waals surface area contributed by atoms with Gasteiger partial charge < -0.3 is 29.1 Å². The lowest BCUT2D eigenvalue weighted by Crippen LogP contribution is -2.48. The second kappa shape index (κ2) is 10.2. The van der Waals surface area contributed by atoms with Crippen LogP contribution in [0.2, 0.25) is 0 Å². The van der Waals surface area contributed by atoms with Crippen LogP contribution in [0.25, 0.3) is 11.1 Å². The van der Waals surface area contributed by atoms with Crippen LogP contribution in [0.3, 0.4) is 0 Å². The van der Waals surface area contributed by atoms with Gasteiger partial charge in [-0.25, -0.2) is 23.9 Å². The van der Waals surface area contributed by atoms with Gasteiger partial charge in [0.1, 0.15) is 11.6 Å². The molecule has 0 aliphatic carbocycles. The molecule has 1 N–H and O–H groups in total. The quantitative estimate of drug-likeness (QED) is 0.467. The van der Waals surface area contributed by atoms with Crippen LogP contribution in [0.1, 0.15) is 46.7 Å². The third-order valence-electron chi connectivity index (χ3n) is 7.84. The van der Waals surface area contributed by atoms with E-state index >= 15 is 4.39 Å². The number of anilines is 1. The molecule has 2 aromatic heterocycles. The first-order chi connectivity index (χ1) is 19.4. The molecule has 5 heterocycles. The van der Waals surface area contributed by atoms with Gasteiger partial charge in [0.25, 0.3) is 5.91 Å². The summed E-state index contributed by atoms with van der Waals surface area (Å²) in [5, 5.41) is 9.16. The molecule has 1 fully saturated rings. The third kappa shape index (κ3) is 4.42. The van der Waals surface area contributed by atoms with Crippen molar-refractivity contribution in [2.24, 2.45) is 0 Å². The minimum Gasteiger partial charge on any atom is -0.465 e. The Morgan fingerprint density at radius 2 is 1.90 bits per heavy atom. The number of carboxylic acid groups (broad SMARTS) is 1. The van der Waals surface area contributed by atoms with Crippen LogP contribution >= 0.6 is 0 Å². The van der Waals surface area contributed by atoms with Crippen LogP contribution in [0.5, 0.6) is 0 Å². The van der Waals surface area contributed by atoms with Gasteiger partial charge in [0.05, 0.1) is 25.2 Å². The van der Waals surface area contributed by atoms with Crippen molar-refractivity contribution in [1.29, 1.82) is 0 Å². The van der Waals surface area contributed by atoms with Crippen LogP contribution in [-0.2, 0) is 29.0 Å². The molecular weight excluding hydrogens is 519 g/mol. The lowest BCUT2D eigenvalue weighted by Gasteiger charge is -2.33. The van der Waals surface area contributed by atoms with E-state index in [4.69, 9.17) is 9.84 Å². The summed E-state index contributed by atoms with van der Waals surface area (Å²) >= 11 is 0. The Morgan fingerprint density at radius 1 is 1.10 bits per heavy atom. The Bertz CT molecular complexity index is 1480. The molecule has 2 amide bonds. The van der Waals surface area contributed by atoms with E-state index in [2.05, 4.69) is 9.97 Å². The summed E-state index contributed by atoms with van der Waals surface area (Å²) in [6.07, 6.45) is 4.04. The number of rotatable bonds is 6. The molecule has 3 aliphatic heterocycles. The summed E-state index contributed by atoms with van der Waals surface area (Å²) in [6.45, 7) is 4.43. The minimum absolute atomic E-state index is 0.0600. The second-order valence-corrected chi connectivity index (χ2v) is 10.1. The van der Waals surface area contributed by atoms with E-state index < -0.39 is 29.8 Å². The van der Waals surface area contributed by atoms with E-state index in [0.29, 0.717) is 48.8 Å². The smallest absolute Gasteiger partial charge is 0.407 e. The summed E-state index contributed by atoms with van der Waals surface area (Å²) in [5.41, 5.74) is 2.96. The normalized spacial score (nSPS) is 17.1. The van der Waals surface area contributed by atoms with Crippen molar-refractivity contribution < 1.29 is 28.6 Å². The summed E-state index contributed by atoms with van der Waals surface area (Å²) in [4.78, 5) is 51.6. The number of fused-ring (bicyclic) bond motifs is 2. The van der Waals surface area contributed by atoms with E-state index in [0.717, 1.165) is 25.1 Å². The highest BCUT2D eigenvalue weighted by molar-refractivity contribution is 6.02. The Hall–Kier alpha value is -4.48. The maximum atomic E-state index is 15.4. The SMILES string of the molecule is CCOC(=O)C(c1ncn2c1CCC2)N1Cc2c(F)cc(-c3ccc(N4CCN(C(=O)O)CC4)nc3)cc2C1=O. The summed E-state index contributed by atoms with van der Waals surface area (Å²) in [6, 6.07) is 5.58. The maximum Gasteiger partial charge on any atom is 0.407 e. The zero-order valence-corrected chi connectivity index (χ0v) is 22.0. The number of imidazole rings is 1. The van der Waals surface area contributed by atoms with Crippen molar-refractivity contribution in [2.45, 2.75) is 38.9 Å². The third-order valence-corrected chi connectivity index (χ3v) is 7.84. The van der Waals surface area contributed by atoms with E-state index in [-0.39, 0.29) is 24.3 Å². The molecule has 0 spiro atoms. The van der Waals surface area contributed by atoms with E-state index in [1.807, 2.05) is 9.47 Å². The molecule has 3 aromatic rings. The number of esters is 1. The number of amides is 2. The number of pyridine rings is 1. The molecule has 1 saturated heterocycles. The highest BCUT2D eigenvalue weighted by Crippen LogP contribution is 2.37. The average Bonchev–Trinajstić information content (AvgIpc) is 3.66. The minimum atomic E-state index is -1.06. The largest absolute Gasteiger partial charge is 0.465 e. The first-order valence-corrected chi connectivity index (χ1v) is 13.4. The van der Waals surface area contributed by atoms with Crippen LogP contribution in [-0.4, -0.2) is 80.2 Å². The fourth-order valence-electron chi connectivity index (χ4n) is 5.77. The second-order valence-electron chi connectivity index (χ2n) is 10.1. The molecule has 3 aliphatic rings. The fraction of sp³-hybridized carbons (Fsp3) is 0.393. The molecule has 208 valence electrons. The van der Waals surface area contributed by atoms with Crippen LogP contribution in [0, 0.1) is 5.82 Å². The molecule has 1 unspecified atom stereocenters. The van der Waals surface area contributed by atoms with Crippen LogP contribution in [0.4, 0.5) is 15.0 Å². The Labute approximate surface area is 229 Å². The van der Waals surface area contributed by atoms with Crippen LogP contribution < -0.4 is 4.90 Å². The highest BCUT2D eigenvalue weighted by atomic mass is 19.1. The van der Waals surface area contributed by atoms with Crippen molar-refractivity contribution in [3.8, 4) is 11.1 Å². The van der Waals surface area contributed by atoms with Gasteiger partial charge in [0.15, 0.2) is 6.04 Å². The molecule has 6 rings (SSSR count). The Kier molecular flexibility index (Phi) is 6.60. The van der Waals surface area contributed by atoms with Crippen molar-refractivity contribution in [3.63, 3.8) is 0 Å². The predicted octanol–water partition coefficient (Wildman–Crippen LogP) is 3.09. The molecular formula is C28H29FN6O5. The fourth-order valence-corrected chi connectivity index (χ4v) is 5.77. The van der Waals surface area contributed by atoms with Crippen molar-refractivity contribution in [1.82, 2.24) is 24.3 Å². The van der Waals surface area contributed by atoms with Gasteiger partial charge in [-0.3, -0.25) is 4.79 Å². The zero-order chi connectivity index (χ0) is 28.0. The number of nitrogens with zero attached hydrogens (tertiary/aromatic N) is 6. The summed E-state index contributed by atoms with van der Waals surface area (Å²) in [7, 11) is 0. The molecule has 0 bridgehead atoms. The summed E-state index contributed by atoms with van der Waals surface area (Å²) < 4.78 is 22.7. The number of hydrogen-bond donors (Lipinski definition) is 1. The number of piperazine rings is 1. The van der Waals surface area contributed by atoms with Gasteiger partial charge in [0.2, 0.25) is 0 Å². The highest BCUT2D eigenvalue weighted by Gasteiger charge is 2.42. The van der Waals surface area contributed by atoms with Crippen molar-refractivity contribution in [2.75, 3.05) is 37.7 Å². The molecule has 0 saturated carbocycles. The Balaban J connectivity index is 1.26. The van der Waals surface area contributed by atoms with Gasteiger partial charge in [-0.2, -0.15) is 0 Å². The monoisotopic (exact) mass is 548 g/mol. The number of halogens is 1. The number of ether oxygens (including phenoxy) is 1. The average molecular weight is 549 g/mol. The predicted molar refractivity (Wildman–Crippen MR) is 141 cm³/mol. The van der Waals surface area contributed by atoms with Gasteiger partial charge in [-0.15, -0.1) is 0 Å². The van der Waals surface area contributed by atoms with Gasteiger partial charge in [-0.1, -0.05) is 0 Å². The van der Waals surface area contributed by atoms with Gasteiger partial charge in [-0.05, 0) is 49.6 Å². The topological polar surface area (TPSA) is 121 Å². The molecule has 0 radical (unpaired) electrons. The molecule has 1 aromatic carbocycles. The van der Waals surface area contributed by atoms with Crippen LogP contribution in [0.15, 0.2) is 36.8 Å². The standard InChI is InChI=1S/C28H29FN6O5/c1-2-40-27(37)25(24-22-4-3-7-34(22)16-31-24)35-15-20-19(26(35)36)12-18(13-21(20)29)17-5-6-23(30-14-17)32-8-10-33(11-9-32)28(38)39/h5-6,12-14,16,25H,2-4,7-11,15H2,1H3,(H,38,39). The molecule has 1 atom stereocenters. The molecule has 11 nitrogen and oxygen atoms in total. The number of carbonyl (C=O) groups excluding carboxylic acids is 2. The van der Waals surface area contributed by atoms with Gasteiger partial charge in [0, 0.05) is 61.3 Å².